The average Bonchev–Trinajstić information content (AvgIpc) is 2.55. The van der Waals surface area contributed by atoms with Crippen LogP contribution in [0.15, 0.2) is 0 Å². The van der Waals surface area contributed by atoms with Crippen molar-refractivity contribution < 1.29 is 9.53 Å². The molecular formula is C17H34O2Si. The quantitative estimate of drug-likeness (QED) is 0.393. The number of hydrogen-bond acceptors (Lipinski definition) is 2. The lowest BCUT2D eigenvalue weighted by Gasteiger charge is -2.30. The van der Waals surface area contributed by atoms with Crippen molar-refractivity contribution in [2.45, 2.75) is 72.6 Å². The molecule has 0 radical (unpaired) electrons. The molecule has 0 amide bonds. The van der Waals surface area contributed by atoms with E-state index in [2.05, 4.69) is 47.3 Å². The largest absolute Gasteiger partial charge is 0.465 e. The predicted molar refractivity (Wildman–Crippen MR) is 88.6 cm³/mol. The van der Waals surface area contributed by atoms with E-state index in [4.69, 9.17) is 4.74 Å². The number of carbonyl (C=O) groups is 1. The maximum absolute atomic E-state index is 12.2. The molecule has 0 N–H and O–H groups in total. The Bertz CT molecular complexity index is 330. The van der Waals surface area contributed by atoms with Crippen LogP contribution in [0.4, 0.5) is 0 Å². The van der Waals surface area contributed by atoms with Gasteiger partial charge in [-0.3, -0.25) is 4.79 Å². The summed E-state index contributed by atoms with van der Waals surface area (Å²) in [7, 11) is -1.01. The summed E-state index contributed by atoms with van der Waals surface area (Å²) < 4.78 is 5.52. The van der Waals surface area contributed by atoms with Gasteiger partial charge in [0.15, 0.2) is 0 Å². The van der Waals surface area contributed by atoms with Gasteiger partial charge in [0, 0.05) is 8.07 Å². The van der Waals surface area contributed by atoms with Crippen LogP contribution in [0, 0.1) is 23.2 Å². The van der Waals surface area contributed by atoms with Gasteiger partial charge in [-0.05, 0) is 36.5 Å². The van der Waals surface area contributed by atoms with Gasteiger partial charge in [0.25, 0.3) is 0 Å². The van der Waals surface area contributed by atoms with Gasteiger partial charge in [-0.1, -0.05) is 53.4 Å². The molecule has 0 saturated heterocycles. The van der Waals surface area contributed by atoms with E-state index in [0.29, 0.717) is 12.5 Å². The van der Waals surface area contributed by atoms with Gasteiger partial charge >= 0.3 is 5.97 Å². The Morgan fingerprint density at radius 1 is 1.35 bits per heavy atom. The molecule has 0 bridgehead atoms. The van der Waals surface area contributed by atoms with Crippen LogP contribution >= 0.6 is 0 Å². The molecule has 3 atom stereocenters. The third kappa shape index (κ3) is 5.23. The molecule has 0 aromatic rings. The zero-order chi connectivity index (χ0) is 15.6. The molecule has 0 aliphatic heterocycles. The first-order chi connectivity index (χ1) is 9.03. The normalized spacial score (nSPS) is 27.4. The molecule has 0 spiro atoms. The number of rotatable bonds is 6. The zero-order valence-electron chi connectivity index (χ0n) is 14.6. The third-order valence-electron chi connectivity index (χ3n) is 4.83. The topological polar surface area (TPSA) is 26.3 Å². The van der Waals surface area contributed by atoms with Gasteiger partial charge < -0.3 is 4.74 Å². The van der Waals surface area contributed by atoms with Crippen molar-refractivity contribution in [3.05, 3.63) is 0 Å². The summed E-state index contributed by atoms with van der Waals surface area (Å²) >= 11 is 0. The summed E-state index contributed by atoms with van der Waals surface area (Å²) in [6, 6.07) is 1.24. The first-order valence-corrected chi connectivity index (χ1v) is 11.9. The molecule has 1 aliphatic rings. The highest BCUT2D eigenvalue weighted by Crippen LogP contribution is 2.49. The molecule has 0 aromatic carbocycles. The van der Waals surface area contributed by atoms with Gasteiger partial charge in [-0.25, -0.2) is 0 Å². The zero-order valence-corrected chi connectivity index (χ0v) is 15.6. The lowest BCUT2D eigenvalue weighted by Crippen LogP contribution is -2.30. The monoisotopic (exact) mass is 298 g/mol. The first kappa shape index (κ1) is 17.7. The summed E-state index contributed by atoms with van der Waals surface area (Å²) in [5.41, 5.74) is 0.274. The van der Waals surface area contributed by atoms with Gasteiger partial charge in [-0.15, -0.1) is 0 Å². The van der Waals surface area contributed by atoms with Crippen LogP contribution in [0.1, 0.15) is 47.0 Å². The maximum Gasteiger partial charge on any atom is 0.308 e. The maximum atomic E-state index is 12.2. The average molecular weight is 299 g/mol. The highest BCUT2D eigenvalue weighted by atomic mass is 28.3. The lowest BCUT2D eigenvalue weighted by atomic mass is 9.75. The van der Waals surface area contributed by atoms with Gasteiger partial charge in [-0.2, -0.15) is 0 Å². The Hall–Kier alpha value is -0.313. The van der Waals surface area contributed by atoms with Crippen LogP contribution in [0.3, 0.4) is 0 Å². The van der Waals surface area contributed by atoms with Crippen molar-refractivity contribution in [2.75, 3.05) is 6.61 Å². The first-order valence-electron chi connectivity index (χ1n) is 8.19. The molecular weight excluding hydrogens is 264 g/mol. The minimum Gasteiger partial charge on any atom is -0.465 e. The van der Waals surface area contributed by atoms with Crippen molar-refractivity contribution in [1.82, 2.24) is 0 Å². The van der Waals surface area contributed by atoms with E-state index in [1.807, 2.05) is 0 Å². The summed E-state index contributed by atoms with van der Waals surface area (Å²) in [6.45, 7) is 16.7. The second kappa shape index (κ2) is 6.63. The fourth-order valence-electron chi connectivity index (χ4n) is 3.84. The van der Waals surface area contributed by atoms with Gasteiger partial charge in [0.2, 0.25) is 0 Å². The minimum atomic E-state index is -1.01. The number of carbonyl (C=O) groups excluding carboxylic acids is 1. The van der Waals surface area contributed by atoms with Crippen molar-refractivity contribution in [3.63, 3.8) is 0 Å². The molecule has 0 heterocycles. The molecule has 20 heavy (non-hydrogen) atoms. The van der Waals surface area contributed by atoms with Crippen molar-refractivity contribution in [1.29, 1.82) is 0 Å². The van der Waals surface area contributed by atoms with Crippen LogP contribution < -0.4 is 0 Å². The van der Waals surface area contributed by atoms with Gasteiger partial charge in [0.1, 0.15) is 0 Å². The Morgan fingerprint density at radius 2 is 1.95 bits per heavy atom. The highest BCUT2D eigenvalue weighted by Gasteiger charge is 2.43. The Morgan fingerprint density at radius 3 is 2.40 bits per heavy atom. The number of hydrogen-bond donors (Lipinski definition) is 0. The summed E-state index contributed by atoms with van der Waals surface area (Å²) in [6.07, 6.45) is 3.42. The van der Waals surface area contributed by atoms with E-state index in [-0.39, 0.29) is 17.3 Å². The fraction of sp³-hybridized carbons (Fsp3) is 0.941. The molecule has 3 unspecified atom stereocenters. The second-order valence-corrected chi connectivity index (χ2v) is 14.4. The van der Waals surface area contributed by atoms with Crippen LogP contribution in [-0.4, -0.2) is 20.7 Å². The van der Waals surface area contributed by atoms with E-state index < -0.39 is 8.07 Å². The molecule has 3 heteroatoms. The van der Waals surface area contributed by atoms with Crippen molar-refractivity contribution in [2.24, 2.45) is 23.2 Å². The predicted octanol–water partition coefficient (Wildman–Crippen LogP) is 4.97. The van der Waals surface area contributed by atoms with E-state index in [1.165, 1.54) is 12.5 Å². The Labute approximate surface area is 126 Å². The minimum absolute atomic E-state index is 0.0211. The van der Waals surface area contributed by atoms with Crippen LogP contribution in [-0.2, 0) is 9.53 Å². The lowest BCUT2D eigenvalue weighted by molar-refractivity contribution is -0.151. The molecule has 2 nitrogen and oxygen atoms in total. The van der Waals surface area contributed by atoms with Crippen LogP contribution in [0.5, 0.6) is 0 Å². The number of ether oxygens (including phenoxy) is 1. The molecule has 118 valence electrons. The van der Waals surface area contributed by atoms with Crippen LogP contribution in [0.2, 0.25) is 25.7 Å². The van der Waals surface area contributed by atoms with E-state index in [1.54, 1.807) is 0 Å². The van der Waals surface area contributed by atoms with E-state index in [9.17, 15) is 4.79 Å². The molecule has 1 rings (SSSR count). The Balaban J connectivity index is 2.40. The SMILES string of the molecule is CC1CC(C(C)C(=O)OCCC[Si](C)(C)C)C(C)(C)C1. The summed E-state index contributed by atoms with van der Waals surface area (Å²) in [4.78, 5) is 12.2. The molecule has 1 aliphatic carbocycles. The summed E-state index contributed by atoms with van der Waals surface area (Å²) in [5.74, 6) is 1.27. The highest BCUT2D eigenvalue weighted by molar-refractivity contribution is 6.76. The molecule has 1 fully saturated rings. The number of esters is 1. The smallest absolute Gasteiger partial charge is 0.308 e. The fourth-order valence-corrected chi connectivity index (χ4v) is 5.04. The van der Waals surface area contributed by atoms with E-state index >= 15 is 0 Å². The standard InChI is InChI=1S/C17H34O2Si/c1-13-11-15(17(3,4)12-13)14(2)16(18)19-9-8-10-20(5,6)7/h13-15H,8-12H2,1-7H3. The van der Waals surface area contributed by atoms with Crippen LogP contribution in [0.25, 0.3) is 0 Å². The second-order valence-electron chi connectivity index (χ2n) is 8.76. The van der Waals surface area contributed by atoms with Crippen molar-refractivity contribution >= 4 is 14.0 Å². The van der Waals surface area contributed by atoms with Crippen molar-refractivity contribution in [3.8, 4) is 0 Å². The third-order valence-corrected chi connectivity index (χ3v) is 6.68. The Kier molecular flexibility index (Phi) is 5.88. The molecule has 1 saturated carbocycles. The molecule has 0 aromatic heterocycles. The summed E-state index contributed by atoms with van der Waals surface area (Å²) in [5, 5.41) is 0. The van der Waals surface area contributed by atoms with E-state index in [0.717, 1.165) is 18.8 Å². The van der Waals surface area contributed by atoms with Gasteiger partial charge in [0.05, 0.1) is 12.5 Å².